The molecule has 1 saturated carbocycles. The van der Waals surface area contributed by atoms with E-state index in [2.05, 4.69) is 12.2 Å². The van der Waals surface area contributed by atoms with Gasteiger partial charge >= 0.3 is 0 Å². The van der Waals surface area contributed by atoms with Crippen molar-refractivity contribution in [3.8, 4) is 11.5 Å². The normalized spacial score (nSPS) is 14.5. The summed E-state index contributed by atoms with van der Waals surface area (Å²) >= 11 is 6.30. The van der Waals surface area contributed by atoms with Crippen LogP contribution in [0.4, 0.5) is 0 Å². The molecule has 0 spiro atoms. The zero-order valence-corrected chi connectivity index (χ0v) is 12.4. The fraction of sp³-hybridized carbons (Fsp3) is 0.600. The molecule has 0 saturated heterocycles. The summed E-state index contributed by atoms with van der Waals surface area (Å²) in [4.78, 5) is 0. The number of nitrogens with one attached hydrogen (secondary N) is 1. The first-order chi connectivity index (χ1) is 9.24. The minimum absolute atomic E-state index is 0.609. The van der Waals surface area contributed by atoms with Crippen LogP contribution < -0.4 is 14.8 Å². The first kappa shape index (κ1) is 14.5. The minimum Gasteiger partial charge on any atom is -0.490 e. The lowest BCUT2D eigenvalue weighted by Crippen LogP contribution is -2.15. The van der Waals surface area contributed by atoms with Crippen molar-refractivity contribution >= 4 is 11.6 Å². The maximum atomic E-state index is 6.30. The van der Waals surface area contributed by atoms with Crippen LogP contribution >= 0.6 is 11.6 Å². The van der Waals surface area contributed by atoms with E-state index in [1.54, 1.807) is 0 Å². The molecule has 0 bridgehead atoms. The summed E-state index contributed by atoms with van der Waals surface area (Å²) in [7, 11) is 0. The summed E-state index contributed by atoms with van der Waals surface area (Å²) in [5, 5.41) is 4.11. The molecule has 3 nitrogen and oxygen atoms in total. The van der Waals surface area contributed by atoms with Gasteiger partial charge in [-0.25, -0.2) is 0 Å². The number of benzene rings is 1. The van der Waals surface area contributed by atoms with Crippen molar-refractivity contribution in [1.82, 2.24) is 5.32 Å². The molecular weight excluding hydrogens is 262 g/mol. The van der Waals surface area contributed by atoms with Gasteiger partial charge in [0.15, 0.2) is 11.5 Å². The van der Waals surface area contributed by atoms with Crippen LogP contribution in [0.25, 0.3) is 0 Å². The lowest BCUT2D eigenvalue weighted by Gasteiger charge is -2.15. The first-order valence-corrected chi connectivity index (χ1v) is 7.43. The highest BCUT2D eigenvalue weighted by Crippen LogP contribution is 2.37. The molecule has 106 valence electrons. The maximum Gasteiger partial charge on any atom is 0.179 e. The molecule has 0 aromatic heterocycles. The fourth-order valence-corrected chi connectivity index (χ4v) is 2.17. The van der Waals surface area contributed by atoms with Gasteiger partial charge in [-0.1, -0.05) is 18.5 Å². The molecule has 0 aliphatic heterocycles. The van der Waals surface area contributed by atoms with Crippen LogP contribution in [0.5, 0.6) is 11.5 Å². The van der Waals surface area contributed by atoms with E-state index in [-0.39, 0.29) is 0 Å². The van der Waals surface area contributed by atoms with Gasteiger partial charge in [-0.15, -0.1) is 0 Å². The average Bonchev–Trinajstić information content (AvgIpc) is 3.20. The second-order valence-electron chi connectivity index (χ2n) is 4.84. The molecule has 1 N–H and O–H groups in total. The Kier molecular flexibility index (Phi) is 5.34. The fourth-order valence-electron chi connectivity index (χ4n) is 1.88. The molecule has 1 aromatic carbocycles. The van der Waals surface area contributed by atoms with E-state index in [4.69, 9.17) is 21.1 Å². The summed E-state index contributed by atoms with van der Waals surface area (Å²) in [5.74, 6) is 1.41. The van der Waals surface area contributed by atoms with Gasteiger partial charge in [-0.05, 0) is 43.9 Å². The van der Waals surface area contributed by atoms with Gasteiger partial charge in [0.05, 0.1) is 18.2 Å². The molecule has 1 aliphatic carbocycles. The smallest absolute Gasteiger partial charge is 0.179 e. The number of halogens is 1. The molecular formula is C15H22ClNO2. The summed E-state index contributed by atoms with van der Waals surface area (Å²) in [6, 6.07) is 4.67. The molecule has 0 radical (unpaired) electrons. The molecule has 1 aliphatic rings. The lowest BCUT2D eigenvalue weighted by molar-refractivity contribution is 0.277. The van der Waals surface area contributed by atoms with Gasteiger partial charge in [-0.2, -0.15) is 0 Å². The van der Waals surface area contributed by atoms with Crippen LogP contribution in [-0.4, -0.2) is 19.3 Å². The quantitative estimate of drug-likeness (QED) is 0.788. The van der Waals surface area contributed by atoms with E-state index < -0.39 is 0 Å². The van der Waals surface area contributed by atoms with Gasteiger partial charge in [0.25, 0.3) is 0 Å². The van der Waals surface area contributed by atoms with Crippen LogP contribution in [0.1, 0.15) is 38.7 Å². The lowest BCUT2D eigenvalue weighted by atomic mass is 10.2. The Hall–Kier alpha value is -0.930. The van der Waals surface area contributed by atoms with Gasteiger partial charge in [0.1, 0.15) is 0 Å². The molecule has 19 heavy (non-hydrogen) atoms. The standard InChI is InChI=1S/C15H22ClNO2/c1-3-7-19-15-13(16)8-11(9-14(15)18-4-2)10-17-12-5-6-12/h8-9,12,17H,3-7,10H2,1-2H3. The Labute approximate surface area is 120 Å². The second-order valence-corrected chi connectivity index (χ2v) is 5.25. The van der Waals surface area contributed by atoms with Crippen molar-refractivity contribution in [2.75, 3.05) is 13.2 Å². The van der Waals surface area contributed by atoms with E-state index in [0.29, 0.717) is 30.0 Å². The highest BCUT2D eigenvalue weighted by molar-refractivity contribution is 6.32. The molecule has 4 heteroatoms. The Morgan fingerprint density at radius 2 is 2.05 bits per heavy atom. The Bertz CT molecular complexity index is 419. The summed E-state index contributed by atoms with van der Waals surface area (Å²) in [6.07, 6.45) is 3.51. The number of rotatable bonds is 8. The molecule has 0 unspecified atom stereocenters. The van der Waals surface area contributed by atoms with Crippen LogP contribution in [0.15, 0.2) is 12.1 Å². The van der Waals surface area contributed by atoms with E-state index in [1.807, 2.05) is 19.1 Å². The van der Waals surface area contributed by atoms with Crippen LogP contribution in [0.3, 0.4) is 0 Å². The van der Waals surface area contributed by atoms with Gasteiger partial charge in [-0.3, -0.25) is 0 Å². The van der Waals surface area contributed by atoms with Crippen LogP contribution in [0.2, 0.25) is 5.02 Å². The van der Waals surface area contributed by atoms with Gasteiger partial charge in [0.2, 0.25) is 0 Å². The average molecular weight is 284 g/mol. The maximum absolute atomic E-state index is 6.30. The van der Waals surface area contributed by atoms with Crippen molar-refractivity contribution in [2.24, 2.45) is 0 Å². The highest BCUT2D eigenvalue weighted by Gasteiger charge is 2.20. The van der Waals surface area contributed by atoms with Gasteiger partial charge < -0.3 is 14.8 Å². The number of ether oxygens (including phenoxy) is 2. The third-order valence-electron chi connectivity index (χ3n) is 2.99. The van der Waals surface area contributed by atoms with Crippen molar-refractivity contribution in [1.29, 1.82) is 0 Å². The third kappa shape index (κ3) is 4.29. The monoisotopic (exact) mass is 283 g/mol. The highest BCUT2D eigenvalue weighted by atomic mass is 35.5. The van der Waals surface area contributed by atoms with Crippen molar-refractivity contribution < 1.29 is 9.47 Å². The van der Waals surface area contributed by atoms with Crippen molar-refractivity contribution in [2.45, 2.75) is 45.7 Å². The van der Waals surface area contributed by atoms with E-state index in [1.165, 1.54) is 12.8 Å². The van der Waals surface area contributed by atoms with E-state index in [9.17, 15) is 0 Å². The number of hydrogen-bond acceptors (Lipinski definition) is 3. The molecule has 1 aromatic rings. The van der Waals surface area contributed by atoms with Crippen molar-refractivity contribution in [3.05, 3.63) is 22.7 Å². The molecule has 0 amide bonds. The van der Waals surface area contributed by atoms with Crippen LogP contribution in [0, 0.1) is 0 Å². The third-order valence-corrected chi connectivity index (χ3v) is 3.27. The van der Waals surface area contributed by atoms with Crippen molar-refractivity contribution in [3.63, 3.8) is 0 Å². The minimum atomic E-state index is 0.609. The van der Waals surface area contributed by atoms with E-state index >= 15 is 0 Å². The molecule has 1 fully saturated rings. The Morgan fingerprint density at radius 1 is 1.26 bits per heavy atom. The zero-order valence-electron chi connectivity index (χ0n) is 11.7. The second kappa shape index (κ2) is 7.01. The summed E-state index contributed by atoms with van der Waals surface area (Å²) in [6.45, 7) is 6.13. The summed E-state index contributed by atoms with van der Waals surface area (Å²) < 4.78 is 11.3. The first-order valence-electron chi connectivity index (χ1n) is 7.06. The summed E-state index contributed by atoms with van der Waals surface area (Å²) in [5.41, 5.74) is 1.14. The topological polar surface area (TPSA) is 30.5 Å². The largest absolute Gasteiger partial charge is 0.490 e. The van der Waals surface area contributed by atoms with E-state index in [0.717, 1.165) is 24.3 Å². The number of hydrogen-bond donors (Lipinski definition) is 1. The molecule has 2 rings (SSSR count). The Morgan fingerprint density at radius 3 is 2.68 bits per heavy atom. The van der Waals surface area contributed by atoms with Gasteiger partial charge in [0, 0.05) is 12.6 Å². The zero-order chi connectivity index (χ0) is 13.7. The molecule has 0 heterocycles. The predicted molar refractivity (Wildman–Crippen MR) is 78.3 cm³/mol. The molecule has 0 atom stereocenters. The predicted octanol–water partition coefficient (Wildman–Crippen LogP) is 3.78. The SMILES string of the molecule is CCCOc1c(Cl)cc(CNC2CC2)cc1OCC. The Balaban J connectivity index is 2.12. The van der Waals surface area contributed by atoms with Crippen LogP contribution in [-0.2, 0) is 6.54 Å².